The van der Waals surface area contributed by atoms with Crippen molar-refractivity contribution in [2.45, 2.75) is 44.6 Å². The molecule has 0 radical (unpaired) electrons. The van der Waals surface area contributed by atoms with Crippen LogP contribution in [0.5, 0.6) is 5.75 Å². The number of anilines is 1. The highest BCUT2D eigenvalue weighted by Gasteiger charge is 2.51. The number of hydrogen-bond donors (Lipinski definition) is 3. The summed E-state index contributed by atoms with van der Waals surface area (Å²) in [6.45, 7) is 4.84. The topological polar surface area (TPSA) is 143 Å². The minimum absolute atomic E-state index is 0.0717. The minimum Gasteiger partial charge on any atom is -0.508 e. The van der Waals surface area contributed by atoms with E-state index in [2.05, 4.69) is 22.2 Å². The van der Waals surface area contributed by atoms with E-state index in [9.17, 15) is 24.3 Å². The SMILES string of the molecule is C=CCN1CC(=O)N2[C@@H](Cc3ccc(O)cc3)C(=O)N(Cc3cccc4c(-c5ccc(NC(=O)NCc6ccccc6)nc5)cn(C)c34)C[C@@H]2N1C(=O)CCc1ccccc1. The van der Waals surface area contributed by atoms with Crippen molar-refractivity contribution in [3.63, 3.8) is 0 Å². The molecule has 61 heavy (non-hydrogen) atoms. The van der Waals surface area contributed by atoms with Gasteiger partial charge >= 0.3 is 6.03 Å². The Morgan fingerprint density at radius 3 is 2.33 bits per heavy atom. The predicted octanol–water partition coefficient (Wildman–Crippen LogP) is 6.25. The number of carbonyl (C=O) groups is 4. The van der Waals surface area contributed by atoms with Crippen LogP contribution < -0.4 is 10.6 Å². The molecule has 8 rings (SSSR count). The highest BCUT2D eigenvalue weighted by atomic mass is 16.3. The second-order valence-electron chi connectivity index (χ2n) is 15.4. The largest absolute Gasteiger partial charge is 0.508 e. The van der Waals surface area contributed by atoms with Crippen molar-refractivity contribution in [3.8, 4) is 16.9 Å². The van der Waals surface area contributed by atoms with Gasteiger partial charge in [0.25, 0.3) is 0 Å². The summed E-state index contributed by atoms with van der Waals surface area (Å²) in [6.07, 6.45) is 5.61. The highest BCUT2D eigenvalue weighted by molar-refractivity contribution is 5.98. The van der Waals surface area contributed by atoms with E-state index in [1.807, 2.05) is 103 Å². The van der Waals surface area contributed by atoms with E-state index < -0.39 is 12.2 Å². The quantitative estimate of drug-likeness (QED) is 0.117. The zero-order valence-corrected chi connectivity index (χ0v) is 34.0. The number of para-hydroxylation sites is 1. The van der Waals surface area contributed by atoms with Crippen molar-refractivity contribution in [3.05, 3.63) is 163 Å². The van der Waals surface area contributed by atoms with Crippen LogP contribution in [0.4, 0.5) is 10.6 Å². The third kappa shape index (κ3) is 8.87. The molecule has 4 aromatic carbocycles. The second-order valence-corrected chi connectivity index (χ2v) is 15.4. The van der Waals surface area contributed by atoms with Crippen molar-refractivity contribution in [2.24, 2.45) is 7.05 Å². The van der Waals surface area contributed by atoms with Crippen LogP contribution in [0.1, 0.15) is 28.7 Å². The molecule has 5 amide bonds. The number of pyridine rings is 1. The zero-order valence-electron chi connectivity index (χ0n) is 34.0. The molecule has 0 bridgehead atoms. The molecule has 6 aromatic rings. The van der Waals surface area contributed by atoms with Gasteiger partial charge in [-0.25, -0.2) is 19.8 Å². The number of nitrogens with one attached hydrogen (secondary N) is 2. The number of aromatic nitrogens is 2. The molecule has 0 spiro atoms. The van der Waals surface area contributed by atoms with E-state index in [0.717, 1.165) is 44.3 Å². The second kappa shape index (κ2) is 17.9. The number of benzene rings is 4. The Balaban J connectivity index is 1.07. The summed E-state index contributed by atoms with van der Waals surface area (Å²) in [7, 11) is 1.96. The van der Waals surface area contributed by atoms with Crippen molar-refractivity contribution in [2.75, 3.05) is 25.0 Å². The summed E-state index contributed by atoms with van der Waals surface area (Å²) in [5.41, 5.74) is 6.39. The van der Waals surface area contributed by atoms with Crippen LogP contribution in [0.25, 0.3) is 22.0 Å². The molecule has 13 heteroatoms. The van der Waals surface area contributed by atoms with Crippen LogP contribution in [0.3, 0.4) is 0 Å². The van der Waals surface area contributed by atoms with Crippen LogP contribution in [0.15, 0.2) is 140 Å². The average molecular weight is 817 g/mol. The molecule has 4 heterocycles. The highest BCUT2D eigenvalue weighted by Crippen LogP contribution is 2.35. The summed E-state index contributed by atoms with van der Waals surface area (Å²) in [5.74, 6) is -0.105. The third-order valence-electron chi connectivity index (χ3n) is 11.3. The van der Waals surface area contributed by atoms with Crippen LogP contribution in [-0.2, 0) is 47.4 Å². The number of phenolic OH excluding ortho intramolecular Hbond substituents is 1. The maximum atomic E-state index is 14.8. The fourth-order valence-electron chi connectivity index (χ4n) is 8.45. The van der Waals surface area contributed by atoms with Gasteiger partial charge in [-0.2, -0.15) is 0 Å². The number of phenols is 1. The van der Waals surface area contributed by atoms with E-state index >= 15 is 0 Å². The normalized spacial score (nSPS) is 16.7. The summed E-state index contributed by atoms with van der Waals surface area (Å²) in [6, 6.07) is 34.5. The fraction of sp³-hybridized carbons (Fsp3) is 0.229. The molecule has 3 N–H and O–H groups in total. The molecule has 0 unspecified atom stereocenters. The number of piperazine rings is 1. The Kier molecular flexibility index (Phi) is 11.9. The number of aryl methyl sites for hydroxylation is 2. The van der Waals surface area contributed by atoms with E-state index in [-0.39, 0.29) is 68.5 Å². The first-order valence-corrected chi connectivity index (χ1v) is 20.4. The molecule has 2 atom stereocenters. The number of carbonyl (C=O) groups excluding carboxylic acids is 4. The molecule has 2 aliphatic rings. The summed E-state index contributed by atoms with van der Waals surface area (Å²) >= 11 is 0. The van der Waals surface area contributed by atoms with Crippen LogP contribution in [0, 0.1) is 0 Å². The molecular formula is C48H48N8O5. The standard InChI is InChI=1S/C48H48N8O5/c1-3-25-54-32-45(59)55-41(26-34-17-21-38(57)22-18-34)47(60)53(31-43(55)56(54)44(58)24-19-33-11-6-4-7-12-33)29-37-15-10-16-39-40(30-52(2)46(37)39)36-20-23-42(49-28-36)51-48(61)50-27-35-13-8-5-9-14-35/h3-18,20-23,28,30,41,43,57H,1,19,24-27,29,31-32H2,2H3,(H2,49,50,51,61)/t41-,43-/m0/s1. The molecule has 2 aliphatic heterocycles. The molecule has 310 valence electrons. The number of rotatable bonds is 13. The van der Waals surface area contributed by atoms with Gasteiger partial charge in [0, 0.05) is 68.4 Å². The molecule has 2 fully saturated rings. The number of urea groups is 1. The first kappa shape index (κ1) is 40.5. The van der Waals surface area contributed by atoms with Gasteiger partial charge in [0.2, 0.25) is 17.7 Å². The Morgan fingerprint density at radius 2 is 1.62 bits per heavy atom. The van der Waals surface area contributed by atoms with E-state index in [0.29, 0.717) is 18.8 Å². The van der Waals surface area contributed by atoms with Crippen molar-refractivity contribution < 1.29 is 24.3 Å². The number of fused-ring (bicyclic) bond motifs is 2. The van der Waals surface area contributed by atoms with Crippen molar-refractivity contribution >= 4 is 40.5 Å². The first-order valence-electron chi connectivity index (χ1n) is 20.4. The van der Waals surface area contributed by atoms with Gasteiger partial charge in [0.1, 0.15) is 23.8 Å². The Morgan fingerprint density at radius 1 is 0.885 bits per heavy atom. The van der Waals surface area contributed by atoms with E-state index in [1.165, 1.54) is 0 Å². The van der Waals surface area contributed by atoms with E-state index in [1.54, 1.807) is 62.4 Å². The minimum atomic E-state index is -0.895. The fourth-order valence-corrected chi connectivity index (χ4v) is 8.45. The van der Waals surface area contributed by atoms with Gasteiger partial charge in [0.15, 0.2) is 0 Å². The first-order chi connectivity index (χ1) is 29.7. The summed E-state index contributed by atoms with van der Waals surface area (Å²) < 4.78 is 2.03. The number of hydrogen-bond acceptors (Lipinski definition) is 7. The van der Waals surface area contributed by atoms with Gasteiger partial charge in [-0.1, -0.05) is 97.1 Å². The Hall–Kier alpha value is -7.25. The molecule has 0 saturated carbocycles. The van der Waals surface area contributed by atoms with Gasteiger partial charge in [-0.05, 0) is 52.9 Å². The van der Waals surface area contributed by atoms with Crippen LogP contribution in [0.2, 0.25) is 0 Å². The van der Waals surface area contributed by atoms with Gasteiger partial charge in [-0.15, -0.1) is 6.58 Å². The van der Waals surface area contributed by atoms with Crippen LogP contribution >= 0.6 is 0 Å². The average Bonchev–Trinajstić information content (AvgIpc) is 3.62. The van der Waals surface area contributed by atoms with E-state index in [4.69, 9.17) is 0 Å². The lowest BCUT2D eigenvalue weighted by Crippen LogP contribution is -2.75. The number of aromatic hydroxyl groups is 1. The third-order valence-corrected chi connectivity index (χ3v) is 11.3. The molecule has 2 saturated heterocycles. The predicted molar refractivity (Wildman–Crippen MR) is 233 cm³/mol. The lowest BCUT2D eigenvalue weighted by atomic mass is 9.97. The summed E-state index contributed by atoms with van der Waals surface area (Å²) in [5, 5.41) is 20.0. The number of amides is 5. The van der Waals surface area contributed by atoms with Gasteiger partial charge < -0.3 is 24.8 Å². The van der Waals surface area contributed by atoms with Crippen molar-refractivity contribution in [1.82, 2.24) is 34.7 Å². The smallest absolute Gasteiger partial charge is 0.320 e. The molecule has 0 aliphatic carbocycles. The Bertz CT molecular complexity index is 2540. The number of nitrogens with zero attached hydrogens (tertiary/aromatic N) is 6. The maximum Gasteiger partial charge on any atom is 0.320 e. The van der Waals surface area contributed by atoms with Crippen molar-refractivity contribution in [1.29, 1.82) is 0 Å². The molecule has 13 nitrogen and oxygen atoms in total. The van der Waals surface area contributed by atoms with Gasteiger partial charge in [-0.3, -0.25) is 19.7 Å². The summed E-state index contributed by atoms with van der Waals surface area (Å²) in [4.78, 5) is 63.7. The van der Waals surface area contributed by atoms with Crippen LogP contribution in [-0.4, -0.2) is 90.1 Å². The molecule has 2 aromatic heterocycles. The number of hydrazine groups is 1. The lowest BCUT2D eigenvalue weighted by Gasteiger charge is -2.55. The van der Waals surface area contributed by atoms with Gasteiger partial charge in [0.05, 0.1) is 18.6 Å². The lowest BCUT2D eigenvalue weighted by molar-refractivity contribution is -0.205. The zero-order chi connectivity index (χ0) is 42.5. The Labute approximate surface area is 354 Å². The monoisotopic (exact) mass is 816 g/mol. The maximum absolute atomic E-state index is 14.8. The molecular weight excluding hydrogens is 769 g/mol.